The summed E-state index contributed by atoms with van der Waals surface area (Å²) in [5, 5.41) is 3.07. The summed E-state index contributed by atoms with van der Waals surface area (Å²) < 4.78 is 5.23. The Bertz CT molecular complexity index is 1450. The van der Waals surface area contributed by atoms with Crippen LogP contribution in [0.4, 0.5) is 0 Å². The van der Waals surface area contributed by atoms with Crippen LogP contribution >= 0.6 is 22.9 Å². The van der Waals surface area contributed by atoms with E-state index in [0.29, 0.717) is 34.9 Å². The number of amides is 2. The van der Waals surface area contributed by atoms with Crippen LogP contribution in [-0.4, -0.2) is 51.8 Å². The van der Waals surface area contributed by atoms with Gasteiger partial charge in [0.25, 0.3) is 11.8 Å². The summed E-state index contributed by atoms with van der Waals surface area (Å²) in [4.78, 5) is 39.8. The van der Waals surface area contributed by atoms with Gasteiger partial charge in [0.05, 0.1) is 12.7 Å². The van der Waals surface area contributed by atoms with E-state index in [1.165, 1.54) is 11.3 Å². The molecule has 7 nitrogen and oxygen atoms in total. The molecule has 0 bridgehead atoms. The zero-order valence-corrected chi connectivity index (χ0v) is 20.2. The Morgan fingerprint density at radius 2 is 1.86 bits per heavy atom. The second-order valence-corrected chi connectivity index (χ2v) is 9.57. The number of fused-ring (bicyclic) bond motifs is 3. The van der Waals surface area contributed by atoms with Crippen molar-refractivity contribution in [3.63, 3.8) is 0 Å². The van der Waals surface area contributed by atoms with Crippen LogP contribution in [0.2, 0.25) is 5.02 Å². The van der Waals surface area contributed by atoms with Crippen molar-refractivity contribution < 1.29 is 14.3 Å². The number of methoxy groups -OCH3 is 1. The summed E-state index contributed by atoms with van der Waals surface area (Å²) in [5.41, 5.74) is 2.13. The number of benzene rings is 2. The normalized spacial score (nSPS) is 18.5. The van der Waals surface area contributed by atoms with Gasteiger partial charge in [0, 0.05) is 52.6 Å². The molecule has 9 heteroatoms. The summed E-state index contributed by atoms with van der Waals surface area (Å²) in [5.74, 6) is 0.384. The van der Waals surface area contributed by atoms with Crippen molar-refractivity contribution in [2.45, 2.75) is 5.66 Å². The first-order valence-corrected chi connectivity index (χ1v) is 12.2. The Labute approximate surface area is 210 Å². The molecule has 0 saturated carbocycles. The molecule has 0 radical (unpaired) electrons. The number of halogens is 1. The van der Waals surface area contributed by atoms with Crippen LogP contribution in [-0.2, 0) is 5.66 Å². The van der Waals surface area contributed by atoms with Crippen LogP contribution in [0, 0.1) is 0 Å². The number of rotatable bonds is 4. The summed E-state index contributed by atoms with van der Waals surface area (Å²) >= 11 is 7.57. The van der Waals surface area contributed by atoms with Crippen LogP contribution < -0.4 is 4.74 Å². The monoisotopic (exact) mass is 502 g/mol. The zero-order valence-electron chi connectivity index (χ0n) is 18.6. The number of aromatic nitrogens is 2. The highest BCUT2D eigenvalue weighted by Gasteiger charge is 2.60. The van der Waals surface area contributed by atoms with E-state index >= 15 is 0 Å². The Kier molecular flexibility index (Phi) is 5.09. The van der Waals surface area contributed by atoms with E-state index < -0.39 is 5.66 Å². The lowest BCUT2D eigenvalue weighted by Gasteiger charge is -2.40. The van der Waals surface area contributed by atoms with Crippen LogP contribution in [0.25, 0.3) is 10.6 Å². The number of ether oxygens (including phenoxy) is 1. The third kappa shape index (κ3) is 3.17. The third-order valence-corrected chi connectivity index (χ3v) is 7.70. The molecule has 1 saturated heterocycles. The van der Waals surface area contributed by atoms with E-state index in [1.54, 1.807) is 52.9 Å². The minimum atomic E-state index is -1.10. The topological polar surface area (TPSA) is 75.6 Å². The molecule has 2 aliphatic heterocycles. The van der Waals surface area contributed by atoms with Gasteiger partial charge < -0.3 is 14.5 Å². The second kappa shape index (κ2) is 8.18. The van der Waals surface area contributed by atoms with E-state index in [2.05, 4.69) is 9.97 Å². The Hall–Kier alpha value is -3.75. The van der Waals surface area contributed by atoms with Crippen LogP contribution in [0.1, 0.15) is 32.0 Å². The fraction of sp³-hybridized carbons (Fsp3) is 0.154. The van der Waals surface area contributed by atoms with Gasteiger partial charge in [0.2, 0.25) is 0 Å². The number of hydrogen-bond acceptors (Lipinski definition) is 6. The molecule has 6 rings (SSSR count). The highest BCUT2D eigenvalue weighted by molar-refractivity contribution is 7.13. The van der Waals surface area contributed by atoms with Crippen molar-refractivity contribution in [1.29, 1.82) is 0 Å². The summed E-state index contributed by atoms with van der Waals surface area (Å²) in [7, 11) is 1.62. The number of carbonyl (C=O) groups excluding carboxylic acids is 2. The molecule has 4 heterocycles. The first kappa shape index (κ1) is 21.8. The van der Waals surface area contributed by atoms with Crippen molar-refractivity contribution in [2.24, 2.45) is 0 Å². The smallest absolute Gasteiger partial charge is 0.275 e. The van der Waals surface area contributed by atoms with Gasteiger partial charge >= 0.3 is 0 Å². The molecule has 1 unspecified atom stereocenters. The first-order chi connectivity index (χ1) is 17.0. The predicted molar refractivity (Wildman–Crippen MR) is 133 cm³/mol. The zero-order chi connectivity index (χ0) is 24.2. The SMILES string of the molecule is COc1ccc(-c2nc(C(=O)N3CCN4C(=O)c5ccncc5C34c3ccc(Cl)cc3)cs2)cc1. The number of thiazole rings is 1. The number of hydrogen-bond donors (Lipinski definition) is 0. The van der Waals surface area contributed by atoms with Crippen LogP contribution in [0.15, 0.2) is 72.4 Å². The van der Waals surface area contributed by atoms with Gasteiger partial charge in [-0.25, -0.2) is 4.98 Å². The molecular weight excluding hydrogens is 484 g/mol. The van der Waals surface area contributed by atoms with Crippen molar-refractivity contribution >= 4 is 34.8 Å². The van der Waals surface area contributed by atoms with E-state index in [0.717, 1.165) is 21.9 Å². The maximum Gasteiger partial charge on any atom is 0.275 e. The molecular formula is C26H19ClN4O3S. The van der Waals surface area contributed by atoms with Gasteiger partial charge in [0.15, 0.2) is 5.66 Å². The number of pyridine rings is 1. The van der Waals surface area contributed by atoms with Gasteiger partial charge in [-0.1, -0.05) is 23.7 Å². The number of nitrogens with zero attached hydrogens (tertiary/aromatic N) is 4. The lowest BCUT2D eigenvalue weighted by atomic mass is 9.91. The average Bonchev–Trinajstić information content (AvgIpc) is 3.60. The van der Waals surface area contributed by atoms with Gasteiger partial charge in [-0.15, -0.1) is 11.3 Å². The molecule has 2 aliphatic rings. The molecule has 1 fully saturated rings. The highest BCUT2D eigenvalue weighted by Crippen LogP contribution is 2.50. The summed E-state index contributed by atoms with van der Waals surface area (Å²) in [6.45, 7) is 0.772. The maximum atomic E-state index is 14.0. The second-order valence-electron chi connectivity index (χ2n) is 8.28. The molecule has 0 aliphatic carbocycles. The summed E-state index contributed by atoms with van der Waals surface area (Å²) in [6, 6.07) is 16.5. The van der Waals surface area contributed by atoms with E-state index in [9.17, 15) is 9.59 Å². The molecule has 2 aromatic heterocycles. The quantitative estimate of drug-likeness (QED) is 0.405. The van der Waals surface area contributed by atoms with Crippen molar-refractivity contribution in [2.75, 3.05) is 20.2 Å². The fourth-order valence-electron chi connectivity index (χ4n) is 4.99. The minimum Gasteiger partial charge on any atom is -0.497 e. The molecule has 2 aromatic carbocycles. The van der Waals surface area contributed by atoms with E-state index in [1.807, 2.05) is 36.4 Å². The molecule has 0 N–H and O–H groups in total. The maximum absolute atomic E-state index is 14.0. The van der Waals surface area contributed by atoms with Gasteiger partial charge in [-0.05, 0) is 42.5 Å². The molecule has 2 amide bonds. The highest BCUT2D eigenvalue weighted by atomic mass is 35.5. The number of carbonyl (C=O) groups is 2. The Balaban J connectivity index is 1.45. The Morgan fingerprint density at radius 3 is 2.60 bits per heavy atom. The fourth-order valence-corrected chi connectivity index (χ4v) is 5.91. The average molecular weight is 503 g/mol. The first-order valence-electron chi connectivity index (χ1n) is 11.0. The van der Waals surface area contributed by atoms with Gasteiger partial charge in [-0.2, -0.15) is 0 Å². The lowest BCUT2D eigenvalue weighted by molar-refractivity contribution is 0.0371. The van der Waals surface area contributed by atoms with Crippen LogP contribution in [0.5, 0.6) is 5.75 Å². The minimum absolute atomic E-state index is 0.121. The van der Waals surface area contributed by atoms with E-state index in [4.69, 9.17) is 16.3 Å². The van der Waals surface area contributed by atoms with Crippen molar-refractivity contribution in [3.05, 3.63) is 99.8 Å². The molecule has 0 spiro atoms. The standard InChI is InChI=1S/C26H19ClN4O3S/c1-34-19-8-2-16(3-9-19)23-29-22(15-35-23)25(33)31-13-12-30-24(32)20-10-11-28-14-21(20)26(30,31)17-4-6-18(27)7-5-17/h2-11,14-15H,12-13H2,1H3. The van der Waals surface area contributed by atoms with Crippen molar-refractivity contribution in [3.8, 4) is 16.3 Å². The summed E-state index contributed by atoms with van der Waals surface area (Å²) in [6.07, 6.45) is 3.28. The molecule has 174 valence electrons. The lowest BCUT2D eigenvalue weighted by Crippen LogP contribution is -2.51. The largest absolute Gasteiger partial charge is 0.497 e. The third-order valence-electron chi connectivity index (χ3n) is 6.55. The molecule has 1 atom stereocenters. The molecule has 35 heavy (non-hydrogen) atoms. The Morgan fingerprint density at radius 1 is 1.09 bits per heavy atom. The van der Waals surface area contributed by atoms with E-state index in [-0.39, 0.29) is 11.8 Å². The van der Waals surface area contributed by atoms with Crippen molar-refractivity contribution in [1.82, 2.24) is 19.8 Å². The van der Waals surface area contributed by atoms with Gasteiger partial charge in [-0.3, -0.25) is 14.6 Å². The van der Waals surface area contributed by atoms with Gasteiger partial charge in [0.1, 0.15) is 16.5 Å². The molecule has 4 aromatic rings. The predicted octanol–water partition coefficient (Wildman–Crippen LogP) is 4.68. The van der Waals surface area contributed by atoms with Crippen LogP contribution in [0.3, 0.4) is 0 Å².